The van der Waals surface area contributed by atoms with Gasteiger partial charge in [0.2, 0.25) is 0 Å². The van der Waals surface area contributed by atoms with Crippen LogP contribution in [0.15, 0.2) is 60.9 Å². The Labute approximate surface area is 206 Å². The van der Waals surface area contributed by atoms with Gasteiger partial charge in [-0.25, -0.2) is 9.97 Å². The monoisotopic (exact) mass is 468 g/mol. The summed E-state index contributed by atoms with van der Waals surface area (Å²) in [6, 6.07) is 17.1. The molecule has 0 spiro atoms. The van der Waals surface area contributed by atoms with E-state index in [1.165, 1.54) is 12.8 Å². The number of imidazole rings is 2. The first-order valence-electron chi connectivity index (χ1n) is 12.5. The van der Waals surface area contributed by atoms with E-state index < -0.39 is 0 Å². The maximum atomic E-state index is 6.10. The lowest BCUT2D eigenvalue weighted by Gasteiger charge is -2.16. The number of ether oxygens (including phenoxy) is 1. The highest BCUT2D eigenvalue weighted by atomic mass is 16.5. The average molecular weight is 469 g/mol. The summed E-state index contributed by atoms with van der Waals surface area (Å²) >= 11 is 0. The molecule has 0 amide bonds. The number of benzene rings is 2. The maximum Gasteiger partial charge on any atom is 0.127 e. The minimum absolute atomic E-state index is 0.395. The van der Waals surface area contributed by atoms with Crippen LogP contribution >= 0.6 is 0 Å². The second kappa shape index (κ2) is 9.32. The van der Waals surface area contributed by atoms with Crippen LogP contribution in [-0.4, -0.2) is 56.9 Å². The molecule has 2 fully saturated rings. The molecule has 0 aliphatic carbocycles. The number of likely N-dealkylation sites (tertiary alicyclic amines) is 2. The van der Waals surface area contributed by atoms with Gasteiger partial charge in [-0.3, -0.25) is 9.80 Å². The fourth-order valence-electron chi connectivity index (χ4n) is 5.36. The Hall–Kier alpha value is -3.42. The number of hydrogen-bond donors (Lipinski definition) is 2. The molecule has 180 valence electrons. The normalized spacial score (nSPS) is 21.1. The van der Waals surface area contributed by atoms with Crippen LogP contribution in [-0.2, 0) is 0 Å². The van der Waals surface area contributed by atoms with Crippen LogP contribution in [0.2, 0.25) is 0 Å². The lowest BCUT2D eigenvalue weighted by molar-refractivity contribution is 0.307. The van der Waals surface area contributed by atoms with Crippen LogP contribution in [0.5, 0.6) is 11.5 Å². The molecule has 2 aliphatic heterocycles. The number of nitrogens with zero attached hydrogens (tertiary/aromatic N) is 4. The number of aromatic nitrogens is 4. The van der Waals surface area contributed by atoms with E-state index >= 15 is 0 Å². The smallest absolute Gasteiger partial charge is 0.127 e. The summed E-state index contributed by atoms with van der Waals surface area (Å²) in [7, 11) is 4.33. The van der Waals surface area contributed by atoms with Crippen molar-refractivity contribution in [2.45, 2.75) is 37.8 Å². The van der Waals surface area contributed by atoms with Crippen LogP contribution in [0.4, 0.5) is 0 Å². The van der Waals surface area contributed by atoms with E-state index in [1.54, 1.807) is 0 Å². The minimum Gasteiger partial charge on any atom is -0.457 e. The Morgan fingerprint density at radius 2 is 1.11 bits per heavy atom. The third-order valence-electron chi connectivity index (χ3n) is 7.43. The van der Waals surface area contributed by atoms with Gasteiger partial charge in [0.05, 0.1) is 35.9 Å². The van der Waals surface area contributed by atoms with Crippen molar-refractivity contribution < 1.29 is 4.74 Å². The molecule has 2 aromatic carbocycles. The summed E-state index contributed by atoms with van der Waals surface area (Å²) in [6.45, 7) is 2.27. The van der Waals surface area contributed by atoms with E-state index in [1.807, 2.05) is 36.7 Å². The van der Waals surface area contributed by atoms with Crippen molar-refractivity contribution in [1.29, 1.82) is 0 Å². The van der Waals surface area contributed by atoms with E-state index in [2.05, 4.69) is 68.1 Å². The van der Waals surface area contributed by atoms with Gasteiger partial charge in [-0.1, -0.05) is 0 Å². The zero-order valence-corrected chi connectivity index (χ0v) is 20.4. The Morgan fingerprint density at radius 3 is 1.49 bits per heavy atom. The molecule has 0 unspecified atom stereocenters. The number of nitrogens with one attached hydrogen (secondary N) is 2. The van der Waals surface area contributed by atoms with Gasteiger partial charge in [-0.05, 0) is 113 Å². The Kier molecular flexibility index (Phi) is 5.88. The van der Waals surface area contributed by atoms with Gasteiger partial charge >= 0.3 is 0 Å². The molecule has 7 nitrogen and oxygen atoms in total. The Balaban J connectivity index is 1.11. The number of hydrogen-bond acceptors (Lipinski definition) is 5. The summed E-state index contributed by atoms with van der Waals surface area (Å²) in [5.41, 5.74) is 4.29. The molecule has 2 saturated heterocycles. The van der Waals surface area contributed by atoms with Crippen molar-refractivity contribution in [3.8, 4) is 34.0 Å². The molecule has 2 N–H and O–H groups in total. The number of aromatic amines is 2. The van der Waals surface area contributed by atoms with Gasteiger partial charge in [-0.15, -0.1) is 0 Å². The fraction of sp³-hybridized carbons (Fsp3) is 0.357. The Morgan fingerprint density at radius 1 is 0.686 bits per heavy atom. The first-order valence-corrected chi connectivity index (χ1v) is 12.5. The van der Waals surface area contributed by atoms with Crippen molar-refractivity contribution in [2.75, 3.05) is 27.2 Å². The Bertz CT molecular complexity index is 1180. The van der Waals surface area contributed by atoms with E-state index in [4.69, 9.17) is 4.74 Å². The fourth-order valence-corrected chi connectivity index (χ4v) is 5.36. The zero-order valence-electron chi connectivity index (χ0n) is 20.4. The second-order valence-electron chi connectivity index (χ2n) is 9.79. The SMILES string of the molecule is CN1CCC[C@H]1c1ncc(-c2ccc(Oc3ccc(-c4cnc([C@@H]5CCCN5C)[nH]4)cc3)cc2)[nH]1. The molecular formula is C28H32N6O. The van der Waals surface area contributed by atoms with E-state index in [0.29, 0.717) is 12.1 Å². The highest BCUT2D eigenvalue weighted by Crippen LogP contribution is 2.32. The first kappa shape index (κ1) is 22.1. The topological polar surface area (TPSA) is 73.1 Å². The third-order valence-corrected chi connectivity index (χ3v) is 7.43. The molecule has 2 aromatic heterocycles. The van der Waals surface area contributed by atoms with Gasteiger partial charge in [-0.2, -0.15) is 0 Å². The van der Waals surface area contributed by atoms with Gasteiger partial charge in [0, 0.05) is 0 Å². The predicted molar refractivity (Wildman–Crippen MR) is 137 cm³/mol. The van der Waals surface area contributed by atoms with E-state index in [0.717, 1.165) is 71.6 Å². The standard InChI is InChI=1S/C28H32N6O/c1-33-15-3-5-25(33)27-29-17-23(31-27)19-7-11-21(12-8-19)35-22-13-9-20(10-14-22)24-18-30-28(32-24)26-6-4-16-34(26)2/h7-14,17-18,25-26H,3-6,15-16H2,1-2H3,(H,29,31)(H,30,32)/t25-,26-/m0/s1. The number of rotatable bonds is 6. The molecule has 0 saturated carbocycles. The summed E-state index contributed by atoms with van der Waals surface area (Å²) in [5.74, 6) is 3.73. The molecule has 4 heterocycles. The summed E-state index contributed by atoms with van der Waals surface area (Å²) in [4.78, 5) is 21.0. The van der Waals surface area contributed by atoms with Gasteiger partial charge in [0.25, 0.3) is 0 Å². The largest absolute Gasteiger partial charge is 0.457 e. The lowest BCUT2D eigenvalue weighted by Crippen LogP contribution is -2.18. The van der Waals surface area contributed by atoms with Crippen LogP contribution in [0.1, 0.15) is 49.4 Å². The van der Waals surface area contributed by atoms with E-state index in [-0.39, 0.29) is 0 Å². The molecule has 0 bridgehead atoms. The van der Waals surface area contributed by atoms with Gasteiger partial charge < -0.3 is 14.7 Å². The highest BCUT2D eigenvalue weighted by molar-refractivity contribution is 5.61. The molecule has 0 radical (unpaired) electrons. The summed E-state index contributed by atoms with van der Waals surface area (Å²) < 4.78 is 6.10. The van der Waals surface area contributed by atoms with Gasteiger partial charge in [0.15, 0.2) is 0 Å². The van der Waals surface area contributed by atoms with Gasteiger partial charge in [0.1, 0.15) is 23.1 Å². The van der Waals surface area contributed by atoms with E-state index in [9.17, 15) is 0 Å². The molecule has 6 rings (SSSR count). The first-order chi connectivity index (χ1) is 17.1. The number of H-pyrrole nitrogens is 2. The molecule has 4 aromatic rings. The molecule has 35 heavy (non-hydrogen) atoms. The highest BCUT2D eigenvalue weighted by Gasteiger charge is 2.26. The average Bonchev–Trinajstić information content (AvgIpc) is 3.67. The quantitative estimate of drug-likeness (QED) is 0.375. The van der Waals surface area contributed by atoms with Crippen molar-refractivity contribution in [3.63, 3.8) is 0 Å². The van der Waals surface area contributed by atoms with Crippen LogP contribution in [0.3, 0.4) is 0 Å². The van der Waals surface area contributed by atoms with Crippen molar-refractivity contribution >= 4 is 0 Å². The lowest BCUT2D eigenvalue weighted by atomic mass is 10.1. The molecule has 2 aliphatic rings. The minimum atomic E-state index is 0.395. The second-order valence-corrected chi connectivity index (χ2v) is 9.79. The van der Waals surface area contributed by atoms with Crippen LogP contribution in [0.25, 0.3) is 22.5 Å². The zero-order chi connectivity index (χ0) is 23.8. The van der Waals surface area contributed by atoms with Crippen molar-refractivity contribution in [2.24, 2.45) is 0 Å². The molecule has 2 atom stereocenters. The summed E-state index contributed by atoms with van der Waals surface area (Å²) in [6.07, 6.45) is 8.64. The van der Waals surface area contributed by atoms with Crippen molar-refractivity contribution in [3.05, 3.63) is 72.6 Å². The molecule has 7 heteroatoms. The van der Waals surface area contributed by atoms with Crippen LogP contribution in [0, 0.1) is 0 Å². The summed E-state index contributed by atoms with van der Waals surface area (Å²) in [5, 5.41) is 0. The maximum absolute atomic E-state index is 6.10. The molecular weight excluding hydrogens is 436 g/mol. The predicted octanol–water partition coefficient (Wildman–Crippen LogP) is 5.79. The van der Waals surface area contributed by atoms with Crippen molar-refractivity contribution in [1.82, 2.24) is 29.7 Å². The third kappa shape index (κ3) is 4.49. The van der Waals surface area contributed by atoms with Crippen LogP contribution < -0.4 is 4.74 Å².